The van der Waals surface area contributed by atoms with Crippen LogP contribution in [-0.4, -0.2) is 0 Å². The Kier molecular flexibility index (Phi) is 0.715. The molecule has 0 bridgehead atoms. The van der Waals surface area contributed by atoms with E-state index < -0.39 is 0 Å². The van der Waals surface area contributed by atoms with Crippen molar-refractivity contribution in [3.05, 3.63) is 34.9 Å². The quantitative estimate of drug-likeness (QED) is 0.505. The van der Waals surface area contributed by atoms with Crippen molar-refractivity contribution in [3.8, 4) is 0 Å². The SMILES string of the molecule is c1cc2c3c(c1)CC3CC2. The normalized spacial score (nSPS) is 25.8. The zero-order valence-electron chi connectivity index (χ0n) is 5.93. The van der Waals surface area contributed by atoms with Crippen LogP contribution in [0.25, 0.3) is 0 Å². The van der Waals surface area contributed by atoms with Gasteiger partial charge in [-0.15, -0.1) is 0 Å². The second-order valence-electron chi connectivity index (χ2n) is 3.43. The third-order valence-corrected chi connectivity index (χ3v) is 2.92. The standard InChI is InChI=1S/C10H10/c1-2-7-4-5-9-6-8(3-1)10(7)9/h1-3,9H,4-6H2. The van der Waals surface area contributed by atoms with Gasteiger partial charge in [0.05, 0.1) is 0 Å². The van der Waals surface area contributed by atoms with Gasteiger partial charge in [-0.3, -0.25) is 0 Å². The first-order valence-electron chi connectivity index (χ1n) is 4.06. The molecule has 0 saturated heterocycles. The van der Waals surface area contributed by atoms with Crippen LogP contribution in [0.3, 0.4) is 0 Å². The van der Waals surface area contributed by atoms with E-state index in [1.165, 1.54) is 19.3 Å². The van der Waals surface area contributed by atoms with E-state index in [0.717, 1.165) is 5.92 Å². The van der Waals surface area contributed by atoms with Gasteiger partial charge in [0.1, 0.15) is 0 Å². The number of aryl methyl sites for hydroxylation is 1. The van der Waals surface area contributed by atoms with Crippen LogP contribution in [-0.2, 0) is 12.8 Å². The summed E-state index contributed by atoms with van der Waals surface area (Å²) in [6, 6.07) is 6.77. The fourth-order valence-electron chi connectivity index (χ4n) is 2.40. The highest BCUT2D eigenvalue weighted by atomic mass is 14.4. The maximum absolute atomic E-state index is 2.29. The first kappa shape index (κ1) is 4.95. The van der Waals surface area contributed by atoms with Crippen molar-refractivity contribution in [3.63, 3.8) is 0 Å². The molecule has 0 N–H and O–H groups in total. The van der Waals surface area contributed by atoms with Crippen LogP contribution in [0.5, 0.6) is 0 Å². The molecule has 0 fully saturated rings. The Labute approximate surface area is 60.9 Å². The molecule has 0 heteroatoms. The molecule has 1 atom stereocenters. The third-order valence-electron chi connectivity index (χ3n) is 2.92. The van der Waals surface area contributed by atoms with Crippen molar-refractivity contribution in [1.29, 1.82) is 0 Å². The van der Waals surface area contributed by atoms with Crippen LogP contribution < -0.4 is 0 Å². The summed E-state index contributed by atoms with van der Waals surface area (Å²) in [5.74, 6) is 0.964. The van der Waals surface area contributed by atoms with Crippen LogP contribution >= 0.6 is 0 Å². The summed E-state index contributed by atoms with van der Waals surface area (Å²) < 4.78 is 0. The molecular formula is C10H10. The highest BCUT2D eigenvalue weighted by Gasteiger charge is 2.32. The summed E-state index contributed by atoms with van der Waals surface area (Å²) in [6.45, 7) is 0. The highest BCUT2D eigenvalue weighted by Crippen LogP contribution is 2.45. The Morgan fingerprint density at radius 3 is 3.00 bits per heavy atom. The predicted octanol–water partition coefficient (Wildman–Crippen LogP) is 2.27. The molecule has 0 amide bonds. The van der Waals surface area contributed by atoms with E-state index in [-0.39, 0.29) is 0 Å². The Balaban J connectivity index is 2.35. The lowest BCUT2D eigenvalue weighted by molar-refractivity contribution is 0.613. The van der Waals surface area contributed by atoms with E-state index in [2.05, 4.69) is 18.2 Å². The van der Waals surface area contributed by atoms with Crippen molar-refractivity contribution >= 4 is 0 Å². The fraction of sp³-hybridized carbons (Fsp3) is 0.400. The second kappa shape index (κ2) is 1.45. The minimum absolute atomic E-state index is 0.964. The topological polar surface area (TPSA) is 0 Å². The number of benzene rings is 1. The Hall–Kier alpha value is -0.780. The van der Waals surface area contributed by atoms with Gasteiger partial charge in [-0.1, -0.05) is 18.2 Å². The first-order chi connectivity index (χ1) is 4.95. The Morgan fingerprint density at radius 1 is 1.20 bits per heavy atom. The summed E-state index contributed by atoms with van der Waals surface area (Å²) in [7, 11) is 0. The maximum Gasteiger partial charge on any atom is -0.0113 e. The summed E-state index contributed by atoms with van der Waals surface area (Å²) in [6.07, 6.45) is 4.13. The zero-order chi connectivity index (χ0) is 6.55. The van der Waals surface area contributed by atoms with Gasteiger partial charge in [0, 0.05) is 0 Å². The molecule has 0 aromatic heterocycles. The van der Waals surface area contributed by atoms with E-state index in [4.69, 9.17) is 0 Å². The molecule has 50 valence electrons. The van der Waals surface area contributed by atoms with E-state index in [9.17, 15) is 0 Å². The minimum atomic E-state index is 0.964. The van der Waals surface area contributed by atoms with Gasteiger partial charge in [-0.25, -0.2) is 0 Å². The first-order valence-corrected chi connectivity index (χ1v) is 4.06. The van der Waals surface area contributed by atoms with Gasteiger partial charge in [0.15, 0.2) is 0 Å². The molecule has 3 rings (SSSR count). The van der Waals surface area contributed by atoms with Gasteiger partial charge in [-0.2, -0.15) is 0 Å². The maximum atomic E-state index is 2.29. The van der Waals surface area contributed by atoms with E-state index in [1.54, 1.807) is 16.7 Å². The van der Waals surface area contributed by atoms with E-state index in [1.807, 2.05) is 0 Å². The number of hydrogen-bond donors (Lipinski definition) is 0. The Bertz CT molecular complexity index is 286. The largest absolute Gasteiger partial charge is 0.0617 e. The van der Waals surface area contributed by atoms with Gasteiger partial charge < -0.3 is 0 Å². The van der Waals surface area contributed by atoms with Crippen LogP contribution in [0.2, 0.25) is 0 Å². The number of rotatable bonds is 0. The summed E-state index contributed by atoms with van der Waals surface area (Å²) in [5.41, 5.74) is 4.97. The molecule has 0 radical (unpaired) electrons. The molecule has 2 aliphatic rings. The van der Waals surface area contributed by atoms with Crippen LogP contribution in [0.15, 0.2) is 18.2 Å². The van der Waals surface area contributed by atoms with E-state index in [0.29, 0.717) is 0 Å². The molecule has 10 heavy (non-hydrogen) atoms. The molecule has 0 spiro atoms. The monoisotopic (exact) mass is 130 g/mol. The lowest BCUT2D eigenvalue weighted by Gasteiger charge is -2.25. The average molecular weight is 130 g/mol. The van der Waals surface area contributed by atoms with Gasteiger partial charge in [0.25, 0.3) is 0 Å². The molecule has 0 nitrogen and oxygen atoms in total. The zero-order valence-corrected chi connectivity index (χ0v) is 5.93. The second-order valence-corrected chi connectivity index (χ2v) is 3.43. The molecule has 1 aromatic rings. The molecule has 0 saturated carbocycles. The third kappa shape index (κ3) is 0.406. The van der Waals surface area contributed by atoms with Gasteiger partial charge >= 0.3 is 0 Å². The van der Waals surface area contributed by atoms with Gasteiger partial charge in [-0.05, 0) is 41.9 Å². The summed E-state index contributed by atoms with van der Waals surface area (Å²) in [4.78, 5) is 0. The summed E-state index contributed by atoms with van der Waals surface area (Å²) >= 11 is 0. The lowest BCUT2D eigenvalue weighted by atomic mass is 9.79. The van der Waals surface area contributed by atoms with Crippen molar-refractivity contribution < 1.29 is 0 Å². The van der Waals surface area contributed by atoms with Crippen LogP contribution in [0.1, 0.15) is 29.0 Å². The fourth-order valence-corrected chi connectivity index (χ4v) is 2.40. The van der Waals surface area contributed by atoms with Crippen LogP contribution in [0, 0.1) is 0 Å². The van der Waals surface area contributed by atoms with E-state index >= 15 is 0 Å². The molecule has 0 aliphatic heterocycles. The van der Waals surface area contributed by atoms with Crippen molar-refractivity contribution in [2.45, 2.75) is 25.2 Å². The smallest absolute Gasteiger partial charge is 0.0113 e. The van der Waals surface area contributed by atoms with Gasteiger partial charge in [0.2, 0.25) is 0 Å². The number of hydrogen-bond acceptors (Lipinski definition) is 0. The van der Waals surface area contributed by atoms with Crippen molar-refractivity contribution in [2.24, 2.45) is 0 Å². The lowest BCUT2D eigenvalue weighted by Crippen LogP contribution is -2.12. The van der Waals surface area contributed by atoms with Crippen molar-refractivity contribution in [2.75, 3.05) is 0 Å². The summed E-state index contributed by atoms with van der Waals surface area (Å²) in [5, 5.41) is 0. The average Bonchev–Trinajstić information content (AvgIpc) is 2.25. The molecule has 1 unspecified atom stereocenters. The molecule has 1 aromatic carbocycles. The van der Waals surface area contributed by atoms with Crippen LogP contribution in [0.4, 0.5) is 0 Å². The molecule has 0 heterocycles. The minimum Gasteiger partial charge on any atom is -0.0617 e. The predicted molar refractivity (Wildman–Crippen MR) is 41.2 cm³/mol. The molecular weight excluding hydrogens is 120 g/mol. The van der Waals surface area contributed by atoms with Crippen molar-refractivity contribution in [1.82, 2.24) is 0 Å². The molecule has 2 aliphatic carbocycles. The Morgan fingerprint density at radius 2 is 2.10 bits per heavy atom. The highest BCUT2D eigenvalue weighted by molar-refractivity contribution is 5.49.